The van der Waals surface area contributed by atoms with Gasteiger partial charge in [-0.1, -0.05) is 0 Å². The Bertz CT molecular complexity index is 1080. The molecule has 2 heterocycles. The number of esters is 2. The van der Waals surface area contributed by atoms with Crippen LogP contribution in [-0.2, 0) is 19.1 Å². The topological polar surface area (TPSA) is 94.9 Å². The Morgan fingerprint density at radius 1 is 1.13 bits per heavy atom. The zero-order valence-electron chi connectivity index (χ0n) is 17.6. The Morgan fingerprint density at radius 3 is 2.42 bits per heavy atom. The van der Waals surface area contributed by atoms with Crippen LogP contribution in [0.1, 0.15) is 34.2 Å². The predicted molar refractivity (Wildman–Crippen MR) is 116 cm³/mol. The number of hydrogen-bond acceptors (Lipinski definition) is 7. The lowest BCUT2D eigenvalue weighted by Gasteiger charge is -2.11. The quantitative estimate of drug-likeness (QED) is 0.499. The van der Waals surface area contributed by atoms with E-state index in [0.29, 0.717) is 5.56 Å². The van der Waals surface area contributed by atoms with E-state index >= 15 is 0 Å². The molecule has 0 saturated carbocycles. The molecule has 1 aromatic heterocycles. The standard InChI is InChI=1S/C22H22N2O6S/c1-5-30-19(25)12-23-20(26)18(31-22(23)28)11-16-10-13(2)24(14(16)3)17-8-6-15(7-9-17)21(27)29-4/h6-11H,5,12H2,1-4H3. The van der Waals surface area contributed by atoms with Crippen molar-refractivity contribution in [1.82, 2.24) is 9.47 Å². The Kier molecular flexibility index (Phi) is 6.65. The number of ether oxygens (including phenoxy) is 2. The van der Waals surface area contributed by atoms with E-state index in [4.69, 9.17) is 9.47 Å². The van der Waals surface area contributed by atoms with Crippen LogP contribution >= 0.6 is 11.8 Å². The summed E-state index contributed by atoms with van der Waals surface area (Å²) in [5.41, 5.74) is 3.85. The number of imide groups is 1. The molecule has 1 aliphatic heterocycles. The molecule has 0 radical (unpaired) electrons. The van der Waals surface area contributed by atoms with Gasteiger partial charge < -0.3 is 14.0 Å². The van der Waals surface area contributed by atoms with Gasteiger partial charge in [-0.15, -0.1) is 0 Å². The van der Waals surface area contributed by atoms with Gasteiger partial charge in [-0.05, 0) is 74.5 Å². The first kappa shape index (κ1) is 22.4. The van der Waals surface area contributed by atoms with E-state index in [1.807, 2.05) is 36.6 Å². The number of aromatic nitrogens is 1. The summed E-state index contributed by atoms with van der Waals surface area (Å²) in [5.74, 6) is -1.55. The van der Waals surface area contributed by atoms with Crippen LogP contribution in [-0.4, -0.2) is 52.8 Å². The molecule has 0 unspecified atom stereocenters. The van der Waals surface area contributed by atoms with Gasteiger partial charge in [0.05, 0.1) is 24.2 Å². The molecule has 31 heavy (non-hydrogen) atoms. The highest BCUT2D eigenvalue weighted by molar-refractivity contribution is 8.18. The monoisotopic (exact) mass is 442 g/mol. The molecular weight excluding hydrogens is 420 g/mol. The average molecular weight is 442 g/mol. The molecule has 2 aromatic rings. The fourth-order valence-corrected chi connectivity index (χ4v) is 4.14. The molecule has 0 atom stereocenters. The molecule has 2 amide bonds. The highest BCUT2D eigenvalue weighted by Crippen LogP contribution is 2.33. The number of thioether (sulfide) groups is 1. The number of carbonyl (C=O) groups excluding carboxylic acids is 4. The molecule has 1 saturated heterocycles. The number of methoxy groups -OCH3 is 1. The van der Waals surface area contributed by atoms with E-state index in [0.717, 1.165) is 39.3 Å². The van der Waals surface area contributed by atoms with Gasteiger partial charge in [-0.3, -0.25) is 19.3 Å². The SMILES string of the molecule is CCOC(=O)CN1C(=O)SC(=Cc2cc(C)n(-c3ccc(C(=O)OC)cc3)c2C)C1=O. The molecule has 8 nitrogen and oxygen atoms in total. The van der Waals surface area contributed by atoms with Gasteiger partial charge in [0.2, 0.25) is 0 Å². The lowest BCUT2D eigenvalue weighted by Crippen LogP contribution is -2.34. The highest BCUT2D eigenvalue weighted by Gasteiger charge is 2.36. The Balaban J connectivity index is 1.88. The summed E-state index contributed by atoms with van der Waals surface area (Å²) in [6, 6.07) is 8.89. The van der Waals surface area contributed by atoms with Crippen molar-refractivity contribution in [2.75, 3.05) is 20.3 Å². The Morgan fingerprint density at radius 2 is 1.81 bits per heavy atom. The molecule has 9 heteroatoms. The molecule has 1 aromatic carbocycles. The summed E-state index contributed by atoms with van der Waals surface area (Å²) in [6.45, 7) is 5.25. The summed E-state index contributed by atoms with van der Waals surface area (Å²) < 4.78 is 11.5. The van der Waals surface area contributed by atoms with Crippen molar-refractivity contribution >= 4 is 40.9 Å². The Hall–Kier alpha value is -3.33. The van der Waals surface area contributed by atoms with Crippen LogP contribution in [0.5, 0.6) is 0 Å². The maximum absolute atomic E-state index is 12.6. The first-order chi connectivity index (χ1) is 14.8. The van der Waals surface area contributed by atoms with Gasteiger partial charge in [0, 0.05) is 17.1 Å². The van der Waals surface area contributed by atoms with Crippen molar-refractivity contribution in [1.29, 1.82) is 0 Å². The van der Waals surface area contributed by atoms with Crippen LogP contribution in [0.25, 0.3) is 11.8 Å². The number of rotatable bonds is 6. The number of carbonyl (C=O) groups is 4. The van der Waals surface area contributed by atoms with Crippen LogP contribution in [0.4, 0.5) is 4.79 Å². The third kappa shape index (κ3) is 4.56. The number of benzene rings is 1. The molecule has 0 aliphatic carbocycles. The molecule has 0 spiro atoms. The van der Waals surface area contributed by atoms with E-state index in [-0.39, 0.29) is 11.5 Å². The second-order valence-electron chi connectivity index (χ2n) is 6.77. The second kappa shape index (κ2) is 9.22. The maximum atomic E-state index is 12.6. The van der Waals surface area contributed by atoms with E-state index in [2.05, 4.69) is 0 Å². The fourth-order valence-electron chi connectivity index (χ4n) is 3.31. The smallest absolute Gasteiger partial charge is 0.337 e. The largest absolute Gasteiger partial charge is 0.465 e. The molecule has 1 aliphatic rings. The summed E-state index contributed by atoms with van der Waals surface area (Å²) in [5, 5.41) is -0.503. The number of nitrogens with zero attached hydrogens (tertiary/aromatic N) is 2. The minimum Gasteiger partial charge on any atom is -0.465 e. The van der Waals surface area contributed by atoms with Crippen molar-refractivity contribution in [2.24, 2.45) is 0 Å². The van der Waals surface area contributed by atoms with E-state index < -0.39 is 29.6 Å². The molecule has 3 rings (SSSR count). The molecule has 1 fully saturated rings. The van der Waals surface area contributed by atoms with Crippen LogP contribution < -0.4 is 0 Å². The molecule has 0 bridgehead atoms. The van der Waals surface area contributed by atoms with Crippen molar-refractivity contribution in [3.8, 4) is 5.69 Å². The summed E-state index contributed by atoms with van der Waals surface area (Å²) in [6.07, 6.45) is 1.65. The van der Waals surface area contributed by atoms with Crippen LogP contribution in [0.3, 0.4) is 0 Å². The minimum absolute atomic E-state index is 0.178. The summed E-state index contributed by atoms with van der Waals surface area (Å²) in [7, 11) is 1.33. The molecular formula is C22H22N2O6S. The number of hydrogen-bond donors (Lipinski definition) is 0. The van der Waals surface area contributed by atoms with Gasteiger partial charge in [0.1, 0.15) is 6.54 Å². The first-order valence-corrected chi connectivity index (χ1v) is 10.4. The number of amides is 2. The zero-order chi connectivity index (χ0) is 22.7. The van der Waals surface area contributed by atoms with Crippen molar-refractivity contribution in [3.05, 3.63) is 57.8 Å². The van der Waals surface area contributed by atoms with E-state index in [1.54, 1.807) is 25.1 Å². The Labute approximate surface area is 183 Å². The normalized spacial score (nSPS) is 15.0. The van der Waals surface area contributed by atoms with Crippen molar-refractivity contribution in [3.63, 3.8) is 0 Å². The van der Waals surface area contributed by atoms with Gasteiger partial charge in [-0.25, -0.2) is 4.79 Å². The summed E-state index contributed by atoms with van der Waals surface area (Å²) >= 11 is 0.794. The molecule has 162 valence electrons. The highest BCUT2D eigenvalue weighted by atomic mass is 32.2. The first-order valence-electron chi connectivity index (χ1n) is 9.55. The fraction of sp³-hybridized carbons (Fsp3) is 0.273. The van der Waals surface area contributed by atoms with E-state index in [1.165, 1.54) is 7.11 Å². The summed E-state index contributed by atoms with van der Waals surface area (Å²) in [4.78, 5) is 49.3. The van der Waals surface area contributed by atoms with Crippen LogP contribution in [0.2, 0.25) is 0 Å². The van der Waals surface area contributed by atoms with Gasteiger partial charge in [0.15, 0.2) is 0 Å². The average Bonchev–Trinajstić information content (AvgIpc) is 3.17. The second-order valence-corrected chi connectivity index (χ2v) is 7.77. The lowest BCUT2D eigenvalue weighted by atomic mass is 10.2. The number of aryl methyl sites for hydroxylation is 1. The third-order valence-corrected chi connectivity index (χ3v) is 5.68. The zero-order valence-corrected chi connectivity index (χ0v) is 18.4. The minimum atomic E-state index is -0.625. The molecule has 0 N–H and O–H groups in total. The van der Waals surface area contributed by atoms with Gasteiger partial charge in [0.25, 0.3) is 11.1 Å². The van der Waals surface area contributed by atoms with Crippen LogP contribution in [0.15, 0.2) is 35.2 Å². The third-order valence-electron chi connectivity index (χ3n) is 4.77. The van der Waals surface area contributed by atoms with Crippen molar-refractivity contribution in [2.45, 2.75) is 20.8 Å². The van der Waals surface area contributed by atoms with Gasteiger partial charge in [-0.2, -0.15) is 0 Å². The van der Waals surface area contributed by atoms with Crippen molar-refractivity contribution < 1.29 is 28.7 Å². The van der Waals surface area contributed by atoms with Crippen LogP contribution in [0, 0.1) is 13.8 Å². The lowest BCUT2D eigenvalue weighted by molar-refractivity contribution is -0.145. The van der Waals surface area contributed by atoms with E-state index in [9.17, 15) is 19.2 Å². The van der Waals surface area contributed by atoms with Gasteiger partial charge >= 0.3 is 11.9 Å². The maximum Gasteiger partial charge on any atom is 0.337 e. The predicted octanol–water partition coefficient (Wildman–Crippen LogP) is 3.48.